The van der Waals surface area contributed by atoms with Crippen LogP contribution in [0, 0.1) is 0 Å². The Kier molecular flexibility index (Phi) is 3.42. The molecule has 1 aliphatic heterocycles. The normalized spacial score (nSPS) is 15.6. The monoisotopic (exact) mass is 287 g/mol. The first-order valence-corrected chi connectivity index (χ1v) is 6.38. The van der Waals surface area contributed by atoms with Gasteiger partial charge in [-0.3, -0.25) is 14.5 Å². The first-order valence-electron chi connectivity index (χ1n) is 6.38. The number of nitrogens with zero attached hydrogens (tertiary/aromatic N) is 1. The van der Waals surface area contributed by atoms with Crippen LogP contribution in [0.15, 0.2) is 36.4 Å². The Bertz CT molecular complexity index is 672. The van der Waals surface area contributed by atoms with Crippen molar-refractivity contribution < 1.29 is 24.5 Å². The maximum atomic E-state index is 12.5. The number of rotatable bonds is 4. The molecule has 2 aromatic carbocycles. The molecule has 0 fully saturated rings. The molecule has 1 heterocycles. The summed E-state index contributed by atoms with van der Waals surface area (Å²) in [5.41, 5.74) is 0.908. The summed E-state index contributed by atoms with van der Waals surface area (Å²) in [6, 6.07) is 10.6. The molecule has 1 unspecified atom stereocenters. The van der Waals surface area contributed by atoms with Crippen LogP contribution in [0.5, 0.6) is 0 Å². The number of hydrogen-bond donors (Lipinski definition) is 1. The summed E-state index contributed by atoms with van der Waals surface area (Å²) in [6.45, 7) is -0.185. The number of carbonyl (C=O) groups excluding carboxylic acids is 2. The van der Waals surface area contributed by atoms with Crippen LogP contribution in [0.1, 0.15) is 20.7 Å². The second kappa shape index (κ2) is 5.25. The molecule has 2 aromatic rings. The highest BCUT2D eigenvalue weighted by atomic mass is 17.1. The molecule has 108 valence electrons. The van der Waals surface area contributed by atoms with E-state index in [4.69, 9.17) is 9.99 Å². The molecule has 1 aliphatic rings. The Hall–Kier alpha value is -2.28. The predicted molar refractivity (Wildman–Crippen MR) is 73.8 cm³/mol. The van der Waals surface area contributed by atoms with E-state index >= 15 is 0 Å². The third-order valence-electron chi connectivity index (χ3n) is 3.57. The molecule has 0 saturated carbocycles. The van der Waals surface area contributed by atoms with Gasteiger partial charge in [0, 0.05) is 23.6 Å². The van der Waals surface area contributed by atoms with E-state index in [1.165, 1.54) is 7.11 Å². The predicted octanol–water partition coefficient (Wildman–Crippen LogP) is 1.90. The topological polar surface area (TPSA) is 76.1 Å². The highest BCUT2D eigenvalue weighted by molar-refractivity contribution is 6.25. The fourth-order valence-corrected chi connectivity index (χ4v) is 2.55. The van der Waals surface area contributed by atoms with Crippen molar-refractivity contribution in [3.63, 3.8) is 0 Å². The Morgan fingerprint density at radius 3 is 2.14 bits per heavy atom. The van der Waals surface area contributed by atoms with Crippen LogP contribution in [0.3, 0.4) is 0 Å². The molecule has 0 aliphatic carbocycles. The molecule has 6 heteroatoms. The third-order valence-corrected chi connectivity index (χ3v) is 3.57. The van der Waals surface area contributed by atoms with E-state index in [0.29, 0.717) is 16.5 Å². The molecule has 1 atom stereocenters. The van der Waals surface area contributed by atoms with Gasteiger partial charge in [-0.05, 0) is 17.5 Å². The van der Waals surface area contributed by atoms with Gasteiger partial charge in [0.15, 0.2) is 0 Å². The van der Waals surface area contributed by atoms with Gasteiger partial charge in [0.2, 0.25) is 6.29 Å². The Morgan fingerprint density at radius 2 is 1.67 bits per heavy atom. The zero-order valence-corrected chi connectivity index (χ0v) is 11.3. The quantitative estimate of drug-likeness (QED) is 0.402. The van der Waals surface area contributed by atoms with Gasteiger partial charge in [0.1, 0.15) is 0 Å². The molecule has 0 spiro atoms. The lowest BCUT2D eigenvalue weighted by atomic mass is 9.94. The largest absolute Gasteiger partial charge is 0.352 e. The zero-order chi connectivity index (χ0) is 15.0. The second-order valence-electron chi connectivity index (χ2n) is 4.70. The number of amides is 2. The highest BCUT2D eigenvalue weighted by Crippen LogP contribution is 2.30. The fourth-order valence-electron chi connectivity index (χ4n) is 2.55. The summed E-state index contributed by atoms with van der Waals surface area (Å²) in [6.07, 6.45) is -1.08. The van der Waals surface area contributed by atoms with Crippen LogP contribution in [0.2, 0.25) is 0 Å². The smallest absolute Gasteiger partial charge is 0.261 e. The molecule has 0 saturated heterocycles. The average Bonchev–Trinajstić information content (AvgIpc) is 2.52. The molecule has 0 radical (unpaired) electrons. The minimum absolute atomic E-state index is 0.185. The van der Waals surface area contributed by atoms with Gasteiger partial charge in [-0.25, -0.2) is 10.1 Å². The molecule has 6 nitrogen and oxygen atoms in total. The second-order valence-corrected chi connectivity index (χ2v) is 4.70. The van der Waals surface area contributed by atoms with Crippen molar-refractivity contribution in [3.8, 4) is 0 Å². The van der Waals surface area contributed by atoms with Crippen LogP contribution < -0.4 is 0 Å². The van der Waals surface area contributed by atoms with Gasteiger partial charge < -0.3 is 4.74 Å². The van der Waals surface area contributed by atoms with Crippen molar-refractivity contribution in [2.24, 2.45) is 0 Å². The minimum atomic E-state index is -1.08. The molecule has 2 amide bonds. The van der Waals surface area contributed by atoms with Crippen LogP contribution in [0.4, 0.5) is 0 Å². The number of carbonyl (C=O) groups is 2. The first kappa shape index (κ1) is 13.7. The van der Waals surface area contributed by atoms with Gasteiger partial charge in [-0.1, -0.05) is 24.3 Å². The molecule has 0 bridgehead atoms. The number of ether oxygens (including phenoxy) is 1. The maximum Gasteiger partial charge on any atom is 0.261 e. The first-order chi connectivity index (χ1) is 10.2. The standard InChI is InChI=1S/C15H13NO5/c1-20-12(21-19)8-16-14(17)10-6-2-4-9-5-3-7-11(13(9)10)15(16)18/h2-7,12,19H,8H2,1H3. The zero-order valence-electron chi connectivity index (χ0n) is 11.3. The van der Waals surface area contributed by atoms with E-state index < -0.39 is 18.1 Å². The van der Waals surface area contributed by atoms with Crippen molar-refractivity contribution in [1.29, 1.82) is 0 Å². The summed E-state index contributed by atoms with van der Waals surface area (Å²) >= 11 is 0. The van der Waals surface area contributed by atoms with Gasteiger partial charge >= 0.3 is 0 Å². The van der Waals surface area contributed by atoms with Crippen LogP contribution >= 0.6 is 0 Å². The lowest BCUT2D eigenvalue weighted by Crippen LogP contribution is -2.45. The van der Waals surface area contributed by atoms with Crippen molar-refractivity contribution in [3.05, 3.63) is 47.5 Å². The third kappa shape index (κ3) is 2.09. The average molecular weight is 287 g/mol. The minimum Gasteiger partial charge on any atom is -0.352 e. The van der Waals surface area contributed by atoms with E-state index in [-0.39, 0.29) is 6.54 Å². The fraction of sp³-hybridized carbons (Fsp3) is 0.200. The molecule has 1 N–H and O–H groups in total. The van der Waals surface area contributed by atoms with Gasteiger partial charge in [-0.2, -0.15) is 0 Å². The maximum absolute atomic E-state index is 12.5. The number of imide groups is 1. The van der Waals surface area contributed by atoms with Gasteiger partial charge in [0.25, 0.3) is 11.8 Å². The van der Waals surface area contributed by atoms with Crippen molar-refractivity contribution in [2.75, 3.05) is 13.7 Å². The molecular weight excluding hydrogens is 274 g/mol. The molecular formula is C15H13NO5. The van der Waals surface area contributed by atoms with Crippen molar-refractivity contribution in [1.82, 2.24) is 4.90 Å². The summed E-state index contributed by atoms with van der Waals surface area (Å²) in [4.78, 5) is 30.1. The van der Waals surface area contributed by atoms with Crippen LogP contribution in [-0.2, 0) is 9.62 Å². The van der Waals surface area contributed by atoms with E-state index in [1.807, 2.05) is 12.1 Å². The van der Waals surface area contributed by atoms with E-state index in [0.717, 1.165) is 10.3 Å². The van der Waals surface area contributed by atoms with E-state index in [1.54, 1.807) is 24.3 Å². The highest BCUT2D eigenvalue weighted by Gasteiger charge is 2.34. The van der Waals surface area contributed by atoms with Gasteiger partial charge in [0.05, 0.1) is 6.54 Å². The van der Waals surface area contributed by atoms with Crippen molar-refractivity contribution in [2.45, 2.75) is 6.29 Å². The molecule has 0 aromatic heterocycles. The summed E-state index contributed by atoms with van der Waals surface area (Å²) < 4.78 is 4.84. The Balaban J connectivity index is 2.11. The van der Waals surface area contributed by atoms with Gasteiger partial charge in [-0.15, -0.1) is 0 Å². The summed E-state index contributed by atoms with van der Waals surface area (Å²) in [5.74, 6) is -0.855. The van der Waals surface area contributed by atoms with E-state index in [2.05, 4.69) is 4.89 Å². The van der Waals surface area contributed by atoms with E-state index in [9.17, 15) is 9.59 Å². The molecule has 21 heavy (non-hydrogen) atoms. The lowest BCUT2D eigenvalue weighted by molar-refractivity contribution is -0.340. The Labute approximate surface area is 120 Å². The van der Waals surface area contributed by atoms with Crippen LogP contribution in [0.25, 0.3) is 10.8 Å². The Morgan fingerprint density at radius 1 is 1.10 bits per heavy atom. The SMILES string of the molecule is COC(CN1C(=O)c2cccc3cccc(c23)C1=O)OO. The molecule has 3 rings (SSSR count). The number of hydrogen-bond acceptors (Lipinski definition) is 5. The summed E-state index contributed by atoms with van der Waals surface area (Å²) in [5, 5.41) is 10.2. The van der Waals surface area contributed by atoms with Crippen LogP contribution in [-0.4, -0.2) is 41.9 Å². The number of benzene rings is 2. The van der Waals surface area contributed by atoms with Crippen molar-refractivity contribution >= 4 is 22.6 Å². The lowest BCUT2D eigenvalue weighted by Gasteiger charge is -2.28. The number of methoxy groups -OCH3 is 1. The summed E-state index contributed by atoms with van der Waals surface area (Å²) in [7, 11) is 1.31.